The van der Waals surface area contributed by atoms with E-state index in [0.717, 1.165) is 5.52 Å². The summed E-state index contributed by atoms with van der Waals surface area (Å²) in [5, 5.41) is 17.7. The minimum absolute atomic E-state index is 0. The van der Waals surface area contributed by atoms with Crippen molar-refractivity contribution in [3.05, 3.63) is 42.6 Å². The first-order valence-electron chi connectivity index (χ1n) is 4.21. The van der Waals surface area contributed by atoms with Gasteiger partial charge in [0.1, 0.15) is 0 Å². The fourth-order valence-corrected chi connectivity index (χ4v) is 1.02. The third kappa shape index (κ3) is 9.44. The van der Waals surface area contributed by atoms with Gasteiger partial charge in [0.05, 0.1) is 5.52 Å². The van der Waals surface area contributed by atoms with E-state index in [0.29, 0.717) is 0 Å². The van der Waals surface area contributed by atoms with E-state index in [9.17, 15) is 0 Å². The van der Waals surface area contributed by atoms with Crippen LogP contribution in [0.5, 0.6) is 0 Å². The molecule has 0 fully saturated rings. The average Bonchev–Trinajstić information content (AvgIpc) is 2.31. The number of aromatic nitrogens is 1. The maximum atomic E-state index is 8.25. The standard InChI is InChI=1S/C9H7N.2CH2O2.H3N.Pt/c1-2-6-9-8(4-1)5-3-7-10-9;2*2-1-3;;/h1-7H;2*1H,(H,2,3);1H3;/q;;;;+2/p-2. The molecule has 0 saturated heterocycles. The Kier molecular flexibility index (Phi) is 18.2. The van der Waals surface area contributed by atoms with Gasteiger partial charge in [-0.1, -0.05) is 24.3 Å². The number of carbonyl (C=O) groups is 2. The number of nitrogens with zero attached hydrogens (tertiary/aromatic N) is 1. The summed E-state index contributed by atoms with van der Waals surface area (Å²) in [5.74, 6) is 0. The van der Waals surface area contributed by atoms with Crippen molar-refractivity contribution in [1.29, 1.82) is 0 Å². The molecule has 1 aromatic carbocycles. The molecule has 0 bridgehead atoms. The summed E-state index contributed by atoms with van der Waals surface area (Å²) in [5.41, 5.74) is 1.06. The van der Waals surface area contributed by atoms with Crippen molar-refractivity contribution >= 4 is 23.8 Å². The molecular formula is C11H12N2O4Pt. The molecular weight excluding hydrogens is 419 g/mol. The maximum absolute atomic E-state index is 8.25. The van der Waals surface area contributed by atoms with E-state index in [-0.39, 0.29) is 27.2 Å². The Bertz CT molecular complexity index is 369. The maximum Gasteiger partial charge on any atom is 2.00 e. The van der Waals surface area contributed by atoms with Crippen LogP contribution in [0.1, 0.15) is 0 Å². The molecule has 18 heavy (non-hydrogen) atoms. The summed E-state index contributed by atoms with van der Waals surface area (Å²) in [4.78, 5) is 20.7. The first kappa shape index (κ1) is 21.5. The summed E-state index contributed by atoms with van der Waals surface area (Å²) in [6.07, 6.45) is 1.81. The molecule has 1 heterocycles. The van der Waals surface area contributed by atoms with E-state index in [1.165, 1.54) is 5.39 Å². The number of rotatable bonds is 0. The van der Waals surface area contributed by atoms with Crippen molar-refractivity contribution in [1.82, 2.24) is 11.1 Å². The van der Waals surface area contributed by atoms with Gasteiger partial charge in [0.15, 0.2) is 0 Å². The summed E-state index contributed by atoms with van der Waals surface area (Å²) in [7, 11) is 0. The number of para-hydroxylation sites is 1. The fraction of sp³-hybridized carbons (Fsp3) is 0. The first-order valence-corrected chi connectivity index (χ1v) is 4.21. The van der Waals surface area contributed by atoms with Gasteiger partial charge in [-0.3, -0.25) is 4.98 Å². The molecule has 7 heteroatoms. The zero-order chi connectivity index (χ0) is 12.2. The molecule has 0 aliphatic heterocycles. The molecule has 0 aliphatic rings. The van der Waals surface area contributed by atoms with Crippen LogP contribution in [0.15, 0.2) is 42.6 Å². The molecule has 3 N–H and O–H groups in total. The van der Waals surface area contributed by atoms with Crippen molar-refractivity contribution in [2.45, 2.75) is 0 Å². The number of carbonyl (C=O) groups excluding carboxylic acids is 2. The second-order valence-electron chi connectivity index (χ2n) is 2.39. The Labute approximate surface area is 119 Å². The Morgan fingerprint density at radius 1 is 0.944 bits per heavy atom. The summed E-state index contributed by atoms with van der Waals surface area (Å²) < 4.78 is 0. The van der Waals surface area contributed by atoms with Crippen molar-refractivity contribution in [3.63, 3.8) is 0 Å². The number of pyridine rings is 1. The Morgan fingerprint density at radius 3 is 1.89 bits per heavy atom. The molecule has 0 radical (unpaired) electrons. The van der Waals surface area contributed by atoms with Gasteiger partial charge in [0, 0.05) is 24.5 Å². The zero-order valence-corrected chi connectivity index (χ0v) is 11.6. The Balaban J connectivity index is -0.000000246. The smallest absolute Gasteiger partial charge is 0.554 e. The molecule has 2 rings (SSSR count). The van der Waals surface area contributed by atoms with Gasteiger partial charge in [0.2, 0.25) is 0 Å². The van der Waals surface area contributed by atoms with E-state index < -0.39 is 12.9 Å². The molecule has 0 unspecified atom stereocenters. The van der Waals surface area contributed by atoms with Gasteiger partial charge in [-0.15, -0.1) is 0 Å². The number of hydrogen-bond acceptors (Lipinski definition) is 6. The van der Waals surface area contributed by atoms with Crippen LogP contribution in [0.3, 0.4) is 0 Å². The van der Waals surface area contributed by atoms with Gasteiger partial charge in [-0.2, -0.15) is 0 Å². The summed E-state index contributed by atoms with van der Waals surface area (Å²) in [6, 6.07) is 12.1. The van der Waals surface area contributed by atoms with Crippen LogP contribution in [-0.4, -0.2) is 17.9 Å². The SMILES string of the molecule is N.O=C[O-].O=C[O-].[Pt+2].c1ccc2ncccc2c1. The van der Waals surface area contributed by atoms with E-state index >= 15 is 0 Å². The number of carboxylic acid groups (broad SMARTS) is 2. The first-order chi connectivity index (χ1) is 7.79. The quantitative estimate of drug-likeness (QED) is 0.540. The van der Waals surface area contributed by atoms with Crippen LogP contribution in [0.2, 0.25) is 0 Å². The van der Waals surface area contributed by atoms with Crippen molar-refractivity contribution in [2.75, 3.05) is 0 Å². The normalized spacial score (nSPS) is 6.89. The number of fused-ring (bicyclic) bond motifs is 1. The fourth-order valence-electron chi connectivity index (χ4n) is 1.02. The zero-order valence-electron chi connectivity index (χ0n) is 9.30. The molecule has 100 valence electrons. The average molecular weight is 431 g/mol. The molecule has 0 atom stereocenters. The van der Waals surface area contributed by atoms with Crippen molar-refractivity contribution in [3.8, 4) is 0 Å². The second-order valence-corrected chi connectivity index (χ2v) is 2.39. The second kappa shape index (κ2) is 15.2. The molecule has 0 amide bonds. The predicted octanol–water partition coefficient (Wildman–Crippen LogP) is -0.873. The predicted molar refractivity (Wildman–Crippen MR) is 58.9 cm³/mol. The van der Waals surface area contributed by atoms with Gasteiger partial charge < -0.3 is 26.0 Å². The molecule has 0 saturated carbocycles. The molecule has 2 aromatic rings. The van der Waals surface area contributed by atoms with E-state index in [4.69, 9.17) is 19.8 Å². The monoisotopic (exact) mass is 431 g/mol. The third-order valence-corrected chi connectivity index (χ3v) is 1.51. The van der Waals surface area contributed by atoms with E-state index in [1.807, 2.05) is 30.5 Å². The molecule has 1 aromatic heterocycles. The largest absolute Gasteiger partial charge is 2.00 e. The molecule has 6 nitrogen and oxygen atoms in total. The topological polar surface area (TPSA) is 128 Å². The van der Waals surface area contributed by atoms with Crippen LogP contribution in [0, 0.1) is 0 Å². The van der Waals surface area contributed by atoms with Crippen LogP contribution in [-0.2, 0) is 30.7 Å². The van der Waals surface area contributed by atoms with Crippen LogP contribution < -0.4 is 16.4 Å². The van der Waals surface area contributed by atoms with Gasteiger partial charge in [-0.25, -0.2) is 0 Å². The van der Waals surface area contributed by atoms with Gasteiger partial charge in [0.25, 0.3) is 0 Å². The third-order valence-electron chi connectivity index (χ3n) is 1.51. The van der Waals surface area contributed by atoms with Crippen molar-refractivity contribution < 1.29 is 40.9 Å². The van der Waals surface area contributed by atoms with Crippen LogP contribution >= 0.6 is 0 Å². The van der Waals surface area contributed by atoms with Gasteiger partial charge in [-0.05, 0) is 12.1 Å². The van der Waals surface area contributed by atoms with E-state index in [1.54, 1.807) is 0 Å². The molecule has 0 spiro atoms. The van der Waals surface area contributed by atoms with Gasteiger partial charge >= 0.3 is 21.1 Å². The minimum Gasteiger partial charge on any atom is -0.554 e. The number of hydrogen-bond donors (Lipinski definition) is 1. The Hall–Kier alpha value is -1.78. The van der Waals surface area contributed by atoms with Crippen LogP contribution in [0.25, 0.3) is 10.9 Å². The van der Waals surface area contributed by atoms with Crippen molar-refractivity contribution in [2.24, 2.45) is 0 Å². The van der Waals surface area contributed by atoms with Crippen LogP contribution in [0.4, 0.5) is 0 Å². The minimum atomic E-state index is -0.500. The Morgan fingerprint density at radius 2 is 1.39 bits per heavy atom. The number of benzene rings is 1. The summed E-state index contributed by atoms with van der Waals surface area (Å²) >= 11 is 0. The summed E-state index contributed by atoms with van der Waals surface area (Å²) in [6.45, 7) is -1.00. The molecule has 0 aliphatic carbocycles. The van der Waals surface area contributed by atoms with E-state index in [2.05, 4.69) is 17.1 Å².